The first-order valence-corrected chi connectivity index (χ1v) is 8.58. The SMILES string of the molecule is CCC1CCC(N(C)Cc2cc(CNC(C)C)co2)CC1. The van der Waals surface area contributed by atoms with Crippen LogP contribution >= 0.6 is 0 Å². The van der Waals surface area contributed by atoms with Crippen LogP contribution in [0.5, 0.6) is 0 Å². The number of nitrogens with one attached hydrogen (secondary N) is 1. The molecule has 120 valence electrons. The van der Waals surface area contributed by atoms with Crippen LogP contribution in [0.2, 0.25) is 0 Å². The van der Waals surface area contributed by atoms with Crippen LogP contribution in [-0.2, 0) is 13.1 Å². The van der Waals surface area contributed by atoms with Crippen molar-refractivity contribution in [1.82, 2.24) is 10.2 Å². The molecule has 1 saturated carbocycles. The van der Waals surface area contributed by atoms with Gasteiger partial charge >= 0.3 is 0 Å². The summed E-state index contributed by atoms with van der Waals surface area (Å²) in [5.41, 5.74) is 1.25. The van der Waals surface area contributed by atoms with E-state index in [1.54, 1.807) is 0 Å². The Labute approximate surface area is 130 Å². The van der Waals surface area contributed by atoms with Gasteiger partial charge in [-0.1, -0.05) is 27.2 Å². The van der Waals surface area contributed by atoms with E-state index in [1.165, 1.54) is 37.7 Å². The summed E-state index contributed by atoms with van der Waals surface area (Å²) < 4.78 is 5.72. The summed E-state index contributed by atoms with van der Waals surface area (Å²) in [6, 6.07) is 3.44. The van der Waals surface area contributed by atoms with E-state index in [1.807, 2.05) is 6.26 Å². The summed E-state index contributed by atoms with van der Waals surface area (Å²) in [4.78, 5) is 2.48. The number of rotatable bonds is 7. The van der Waals surface area contributed by atoms with Crippen LogP contribution in [0.15, 0.2) is 16.7 Å². The molecule has 1 aliphatic carbocycles. The topological polar surface area (TPSA) is 28.4 Å². The summed E-state index contributed by atoms with van der Waals surface area (Å²) in [5.74, 6) is 2.06. The summed E-state index contributed by atoms with van der Waals surface area (Å²) >= 11 is 0. The van der Waals surface area contributed by atoms with Gasteiger partial charge in [-0.05, 0) is 44.7 Å². The van der Waals surface area contributed by atoms with Crippen molar-refractivity contribution >= 4 is 0 Å². The standard InChI is InChI=1S/C18H32N2O/c1-5-15-6-8-17(9-7-15)20(4)12-18-10-16(13-21-18)11-19-14(2)3/h10,13-15,17,19H,5-9,11-12H2,1-4H3. The van der Waals surface area contributed by atoms with Gasteiger partial charge in [0.05, 0.1) is 12.8 Å². The molecule has 0 aliphatic heterocycles. The minimum absolute atomic E-state index is 0.514. The van der Waals surface area contributed by atoms with Crippen molar-refractivity contribution in [3.05, 3.63) is 23.7 Å². The lowest BCUT2D eigenvalue weighted by Crippen LogP contribution is -2.34. The van der Waals surface area contributed by atoms with Gasteiger partial charge < -0.3 is 9.73 Å². The van der Waals surface area contributed by atoms with Gasteiger partial charge in [-0.15, -0.1) is 0 Å². The Kier molecular flexibility index (Phi) is 6.31. The second-order valence-corrected chi connectivity index (χ2v) is 6.95. The highest BCUT2D eigenvalue weighted by molar-refractivity contribution is 5.12. The lowest BCUT2D eigenvalue weighted by molar-refractivity contribution is 0.149. The van der Waals surface area contributed by atoms with E-state index in [0.29, 0.717) is 6.04 Å². The molecule has 0 aromatic carbocycles. The Morgan fingerprint density at radius 2 is 2.00 bits per heavy atom. The maximum absolute atomic E-state index is 5.72. The van der Waals surface area contributed by atoms with Crippen LogP contribution in [-0.4, -0.2) is 24.0 Å². The molecule has 1 aromatic rings. The molecule has 0 bridgehead atoms. The fraction of sp³-hybridized carbons (Fsp3) is 0.778. The van der Waals surface area contributed by atoms with E-state index in [4.69, 9.17) is 4.42 Å². The van der Waals surface area contributed by atoms with Crippen LogP contribution in [0.4, 0.5) is 0 Å². The van der Waals surface area contributed by atoms with Crippen molar-refractivity contribution < 1.29 is 4.42 Å². The molecule has 1 aromatic heterocycles. The lowest BCUT2D eigenvalue weighted by Gasteiger charge is -2.34. The van der Waals surface area contributed by atoms with Gasteiger partial charge in [-0.3, -0.25) is 4.90 Å². The highest BCUT2D eigenvalue weighted by Crippen LogP contribution is 2.29. The molecule has 0 amide bonds. The van der Waals surface area contributed by atoms with Gasteiger partial charge in [0.15, 0.2) is 0 Å². The van der Waals surface area contributed by atoms with Crippen LogP contribution in [0.1, 0.15) is 64.2 Å². The summed E-state index contributed by atoms with van der Waals surface area (Å²) in [5, 5.41) is 3.43. The monoisotopic (exact) mass is 292 g/mol. The van der Waals surface area contributed by atoms with E-state index >= 15 is 0 Å². The zero-order valence-corrected chi connectivity index (χ0v) is 14.2. The Hall–Kier alpha value is -0.800. The zero-order valence-electron chi connectivity index (χ0n) is 14.2. The van der Waals surface area contributed by atoms with Crippen molar-refractivity contribution in [2.24, 2.45) is 5.92 Å². The fourth-order valence-corrected chi connectivity index (χ4v) is 3.29. The Morgan fingerprint density at radius 3 is 2.62 bits per heavy atom. The summed E-state index contributed by atoms with van der Waals surface area (Å²) in [6.45, 7) is 8.49. The Balaban J connectivity index is 1.78. The maximum Gasteiger partial charge on any atom is 0.118 e. The van der Waals surface area contributed by atoms with Crippen LogP contribution in [0.3, 0.4) is 0 Å². The van der Waals surface area contributed by atoms with Crippen molar-refractivity contribution in [2.45, 2.75) is 78.0 Å². The molecule has 3 heteroatoms. The maximum atomic E-state index is 5.72. The van der Waals surface area contributed by atoms with Gasteiger partial charge in [0.2, 0.25) is 0 Å². The highest BCUT2D eigenvalue weighted by Gasteiger charge is 2.23. The molecule has 1 N–H and O–H groups in total. The molecule has 0 unspecified atom stereocenters. The molecule has 0 radical (unpaired) electrons. The van der Waals surface area contributed by atoms with E-state index in [0.717, 1.165) is 30.8 Å². The van der Waals surface area contributed by atoms with E-state index in [2.05, 4.69) is 44.1 Å². The third kappa shape index (κ3) is 5.15. The van der Waals surface area contributed by atoms with Crippen LogP contribution < -0.4 is 5.32 Å². The first-order valence-electron chi connectivity index (χ1n) is 8.58. The quantitative estimate of drug-likeness (QED) is 0.817. The van der Waals surface area contributed by atoms with Gasteiger partial charge in [0.1, 0.15) is 5.76 Å². The minimum Gasteiger partial charge on any atom is -0.468 e. The summed E-state index contributed by atoms with van der Waals surface area (Å²) in [6.07, 6.45) is 8.72. The van der Waals surface area contributed by atoms with Crippen LogP contribution in [0, 0.1) is 5.92 Å². The average Bonchev–Trinajstić information content (AvgIpc) is 2.92. The third-order valence-corrected chi connectivity index (χ3v) is 4.84. The molecule has 0 saturated heterocycles. The van der Waals surface area contributed by atoms with E-state index in [9.17, 15) is 0 Å². The highest BCUT2D eigenvalue weighted by atomic mass is 16.3. The minimum atomic E-state index is 0.514. The molecule has 0 spiro atoms. The summed E-state index contributed by atoms with van der Waals surface area (Å²) in [7, 11) is 2.24. The molecule has 0 atom stereocenters. The predicted molar refractivity (Wildman–Crippen MR) is 88.2 cm³/mol. The third-order valence-electron chi connectivity index (χ3n) is 4.84. The Bertz CT molecular complexity index is 405. The Morgan fingerprint density at radius 1 is 1.29 bits per heavy atom. The number of hydrogen-bond donors (Lipinski definition) is 1. The smallest absolute Gasteiger partial charge is 0.118 e. The van der Waals surface area contributed by atoms with Gasteiger partial charge in [0, 0.05) is 24.2 Å². The van der Waals surface area contributed by atoms with Crippen molar-refractivity contribution in [3.63, 3.8) is 0 Å². The molecule has 21 heavy (non-hydrogen) atoms. The first kappa shape index (κ1) is 16.6. The number of nitrogens with zero attached hydrogens (tertiary/aromatic N) is 1. The predicted octanol–water partition coefficient (Wildman–Crippen LogP) is 4.18. The van der Waals surface area contributed by atoms with Gasteiger partial charge in [0.25, 0.3) is 0 Å². The first-order chi connectivity index (χ1) is 10.1. The van der Waals surface area contributed by atoms with Crippen LogP contribution in [0.25, 0.3) is 0 Å². The molecule has 1 heterocycles. The van der Waals surface area contributed by atoms with Gasteiger partial charge in [-0.2, -0.15) is 0 Å². The number of furan rings is 1. The fourth-order valence-electron chi connectivity index (χ4n) is 3.29. The molecule has 3 nitrogen and oxygen atoms in total. The lowest BCUT2D eigenvalue weighted by atomic mass is 9.84. The number of hydrogen-bond acceptors (Lipinski definition) is 3. The second-order valence-electron chi connectivity index (χ2n) is 6.95. The largest absolute Gasteiger partial charge is 0.468 e. The molecular weight excluding hydrogens is 260 g/mol. The van der Waals surface area contributed by atoms with E-state index in [-0.39, 0.29) is 0 Å². The molecule has 1 fully saturated rings. The average molecular weight is 292 g/mol. The van der Waals surface area contributed by atoms with E-state index < -0.39 is 0 Å². The molecular formula is C18H32N2O. The van der Waals surface area contributed by atoms with Crippen molar-refractivity contribution in [3.8, 4) is 0 Å². The molecule has 2 rings (SSSR count). The van der Waals surface area contributed by atoms with Crippen molar-refractivity contribution in [1.29, 1.82) is 0 Å². The van der Waals surface area contributed by atoms with Crippen molar-refractivity contribution in [2.75, 3.05) is 7.05 Å². The zero-order chi connectivity index (χ0) is 15.2. The normalized spacial score (nSPS) is 23.1. The molecule has 1 aliphatic rings. The second kappa shape index (κ2) is 8.00. The van der Waals surface area contributed by atoms with Gasteiger partial charge in [-0.25, -0.2) is 0 Å².